The van der Waals surface area contributed by atoms with Crippen LogP contribution in [-0.2, 0) is 30.8 Å². The fourth-order valence-corrected chi connectivity index (χ4v) is 5.19. The van der Waals surface area contributed by atoms with Gasteiger partial charge in [0.1, 0.15) is 0 Å². The highest BCUT2D eigenvalue weighted by atomic mass is 32.2. The number of hydrogen-bond acceptors (Lipinski definition) is 6. The molecule has 1 heterocycles. The minimum absolute atomic E-state index is 0.0587. The largest absolute Gasteiger partial charge is 0.453 e. The van der Waals surface area contributed by atoms with Gasteiger partial charge in [0.25, 0.3) is 5.91 Å². The lowest BCUT2D eigenvalue weighted by atomic mass is 10.1. The Morgan fingerprint density at radius 1 is 0.971 bits per heavy atom. The molecule has 0 radical (unpaired) electrons. The molecule has 1 unspecified atom stereocenters. The third-order valence-electron chi connectivity index (χ3n) is 5.73. The van der Waals surface area contributed by atoms with Gasteiger partial charge >= 0.3 is 5.97 Å². The Hall–Kier alpha value is -3.04. The average molecular weight is 487 g/mol. The van der Waals surface area contributed by atoms with Gasteiger partial charge in [0.05, 0.1) is 4.90 Å². The van der Waals surface area contributed by atoms with E-state index >= 15 is 0 Å². The molecule has 1 saturated heterocycles. The lowest BCUT2D eigenvalue weighted by Gasteiger charge is -2.25. The molecule has 0 aromatic heterocycles. The predicted molar refractivity (Wildman–Crippen MR) is 128 cm³/mol. The van der Waals surface area contributed by atoms with Gasteiger partial charge in [-0.15, -0.1) is 0 Å². The van der Waals surface area contributed by atoms with Crippen molar-refractivity contribution in [3.05, 3.63) is 59.7 Å². The van der Waals surface area contributed by atoms with Crippen molar-refractivity contribution in [2.75, 3.05) is 18.4 Å². The van der Waals surface area contributed by atoms with E-state index in [-0.39, 0.29) is 17.1 Å². The molecule has 9 heteroatoms. The van der Waals surface area contributed by atoms with Crippen LogP contribution in [0.1, 0.15) is 55.5 Å². The van der Waals surface area contributed by atoms with Gasteiger partial charge in [-0.1, -0.05) is 18.6 Å². The second-order valence-electron chi connectivity index (χ2n) is 8.36. The van der Waals surface area contributed by atoms with E-state index in [9.17, 15) is 22.8 Å². The fourth-order valence-electron chi connectivity index (χ4n) is 3.67. The van der Waals surface area contributed by atoms with E-state index < -0.39 is 28.0 Å². The molecule has 182 valence electrons. The normalized spacial score (nSPS) is 15.4. The second-order valence-corrected chi connectivity index (χ2v) is 10.3. The molecule has 0 bridgehead atoms. The zero-order valence-electron chi connectivity index (χ0n) is 19.5. The van der Waals surface area contributed by atoms with E-state index in [1.54, 1.807) is 48.5 Å². The summed E-state index contributed by atoms with van der Waals surface area (Å²) in [5.74, 6) is -1.07. The van der Waals surface area contributed by atoms with E-state index in [2.05, 4.69) is 5.32 Å². The summed E-state index contributed by atoms with van der Waals surface area (Å²) in [6.07, 6.45) is 2.24. The van der Waals surface area contributed by atoms with Crippen molar-refractivity contribution in [2.24, 2.45) is 0 Å². The summed E-state index contributed by atoms with van der Waals surface area (Å²) in [5, 5.41) is 2.65. The molecule has 34 heavy (non-hydrogen) atoms. The number of piperidine rings is 1. The lowest BCUT2D eigenvalue weighted by Crippen LogP contribution is -2.35. The van der Waals surface area contributed by atoms with Gasteiger partial charge in [0.2, 0.25) is 10.0 Å². The van der Waals surface area contributed by atoms with E-state index in [0.29, 0.717) is 30.8 Å². The summed E-state index contributed by atoms with van der Waals surface area (Å²) in [6.45, 7) is 4.04. The van der Waals surface area contributed by atoms with Crippen LogP contribution < -0.4 is 5.32 Å². The molecule has 1 N–H and O–H groups in total. The molecule has 3 rings (SSSR count). The molecule has 0 saturated carbocycles. The number of esters is 1. The highest BCUT2D eigenvalue weighted by molar-refractivity contribution is 7.89. The summed E-state index contributed by atoms with van der Waals surface area (Å²) >= 11 is 0. The molecule has 1 fully saturated rings. The van der Waals surface area contributed by atoms with Crippen molar-refractivity contribution in [2.45, 2.75) is 57.0 Å². The third-order valence-corrected chi connectivity index (χ3v) is 7.64. The number of amides is 1. The summed E-state index contributed by atoms with van der Waals surface area (Å²) < 4.78 is 32.2. The summed E-state index contributed by atoms with van der Waals surface area (Å²) in [6, 6.07) is 13.0. The monoisotopic (exact) mass is 486 g/mol. The van der Waals surface area contributed by atoms with Gasteiger partial charge in [-0.25, -0.2) is 8.42 Å². The number of carbonyl (C=O) groups excluding carboxylic acids is 3. The number of carbonyl (C=O) groups is 3. The van der Waals surface area contributed by atoms with Crippen LogP contribution in [0.25, 0.3) is 0 Å². The molecule has 8 nitrogen and oxygen atoms in total. The number of aryl methyl sites for hydroxylation is 1. The number of rotatable bonds is 9. The number of nitrogens with one attached hydrogen (secondary N) is 1. The Kier molecular flexibility index (Phi) is 8.57. The Bertz CT molecular complexity index is 1120. The predicted octanol–water partition coefficient (Wildman–Crippen LogP) is 3.57. The van der Waals surface area contributed by atoms with Crippen LogP contribution in [-0.4, -0.2) is 49.6 Å². The smallest absolute Gasteiger partial charge is 0.306 e. The Morgan fingerprint density at radius 3 is 2.18 bits per heavy atom. The number of ketones is 1. The van der Waals surface area contributed by atoms with Crippen LogP contribution in [0.3, 0.4) is 0 Å². The van der Waals surface area contributed by atoms with Crippen molar-refractivity contribution in [3.8, 4) is 0 Å². The molecule has 1 aliphatic heterocycles. The van der Waals surface area contributed by atoms with Gasteiger partial charge in [0, 0.05) is 30.8 Å². The van der Waals surface area contributed by atoms with Gasteiger partial charge in [0.15, 0.2) is 11.9 Å². The molecule has 1 aliphatic rings. The molecule has 0 spiro atoms. The van der Waals surface area contributed by atoms with Crippen molar-refractivity contribution in [1.29, 1.82) is 0 Å². The zero-order chi connectivity index (χ0) is 24.7. The summed E-state index contributed by atoms with van der Waals surface area (Å²) in [7, 11) is -3.49. The van der Waals surface area contributed by atoms with Crippen LogP contribution in [0.5, 0.6) is 0 Å². The zero-order valence-corrected chi connectivity index (χ0v) is 20.3. The van der Waals surface area contributed by atoms with E-state index in [0.717, 1.165) is 24.8 Å². The van der Waals surface area contributed by atoms with Crippen LogP contribution in [0.2, 0.25) is 0 Å². The van der Waals surface area contributed by atoms with Gasteiger partial charge in [-0.05, 0) is 75.1 Å². The number of benzene rings is 2. The van der Waals surface area contributed by atoms with Crippen LogP contribution in [0.4, 0.5) is 5.69 Å². The molecule has 0 aliphatic carbocycles. The minimum Gasteiger partial charge on any atom is -0.453 e. The molecule has 2 aromatic carbocycles. The Morgan fingerprint density at radius 2 is 1.59 bits per heavy atom. The highest BCUT2D eigenvalue weighted by Crippen LogP contribution is 2.21. The third kappa shape index (κ3) is 6.74. The number of anilines is 1. The maximum Gasteiger partial charge on any atom is 0.306 e. The molecule has 1 amide bonds. The first-order valence-electron chi connectivity index (χ1n) is 11.4. The minimum atomic E-state index is -3.49. The van der Waals surface area contributed by atoms with Crippen molar-refractivity contribution in [1.82, 2.24) is 4.31 Å². The molecule has 1 atom stereocenters. The van der Waals surface area contributed by atoms with Gasteiger partial charge < -0.3 is 10.1 Å². The Labute approximate surface area is 200 Å². The van der Waals surface area contributed by atoms with Crippen LogP contribution in [0.15, 0.2) is 53.4 Å². The maximum absolute atomic E-state index is 12.7. The number of sulfonamides is 1. The number of ether oxygens (including phenoxy) is 1. The quantitative estimate of drug-likeness (QED) is 0.429. The molecule has 2 aromatic rings. The number of hydrogen-bond donors (Lipinski definition) is 1. The summed E-state index contributed by atoms with van der Waals surface area (Å²) in [5.41, 5.74) is 1.84. The maximum atomic E-state index is 12.7. The lowest BCUT2D eigenvalue weighted by molar-refractivity contribution is -0.153. The molecular weight excluding hydrogens is 456 g/mol. The van der Waals surface area contributed by atoms with E-state index in [1.807, 2.05) is 0 Å². The first-order chi connectivity index (χ1) is 16.2. The van der Waals surface area contributed by atoms with Crippen LogP contribution >= 0.6 is 0 Å². The van der Waals surface area contributed by atoms with E-state index in [1.165, 1.54) is 18.2 Å². The fraction of sp³-hybridized carbons (Fsp3) is 0.400. The molecular formula is C25H30N2O6S. The van der Waals surface area contributed by atoms with Crippen molar-refractivity contribution < 1.29 is 27.5 Å². The van der Waals surface area contributed by atoms with Crippen molar-refractivity contribution in [3.63, 3.8) is 0 Å². The average Bonchev–Trinajstić information content (AvgIpc) is 2.84. The number of Topliss-reactive ketones (excluding diaryl/α,β-unsaturated/α-hetero) is 1. The SMILES string of the molecule is CC(=O)c1ccc(NC(=O)C(C)OC(=O)CCc2ccc(S(=O)(=O)N3CCCCC3)cc2)cc1. The van der Waals surface area contributed by atoms with Crippen molar-refractivity contribution >= 4 is 33.4 Å². The van der Waals surface area contributed by atoms with Gasteiger partial charge in [-0.3, -0.25) is 14.4 Å². The standard InChI is InChI=1S/C25H30N2O6S/c1-18(28)21-9-11-22(12-10-21)26-25(30)19(2)33-24(29)15-8-20-6-13-23(14-7-20)34(31,32)27-16-4-3-5-17-27/h6-7,9-14,19H,3-5,8,15-17H2,1-2H3,(H,26,30). The highest BCUT2D eigenvalue weighted by Gasteiger charge is 2.25. The number of nitrogens with zero attached hydrogens (tertiary/aromatic N) is 1. The Balaban J connectivity index is 1.47. The topological polar surface area (TPSA) is 110 Å². The first-order valence-corrected chi connectivity index (χ1v) is 12.8. The summed E-state index contributed by atoms with van der Waals surface area (Å²) in [4.78, 5) is 36.1. The van der Waals surface area contributed by atoms with E-state index in [4.69, 9.17) is 4.74 Å². The van der Waals surface area contributed by atoms with Gasteiger partial charge in [-0.2, -0.15) is 4.31 Å². The second kappa shape index (κ2) is 11.4. The first kappa shape index (κ1) is 25.6. The van der Waals surface area contributed by atoms with Crippen LogP contribution in [0, 0.1) is 0 Å².